The zero-order valence-electron chi connectivity index (χ0n) is 11.8. The van der Waals surface area contributed by atoms with Gasteiger partial charge >= 0.3 is 0 Å². The van der Waals surface area contributed by atoms with Gasteiger partial charge in [-0.05, 0) is 12.1 Å². The van der Waals surface area contributed by atoms with Gasteiger partial charge in [0.05, 0.1) is 18.6 Å². The summed E-state index contributed by atoms with van der Waals surface area (Å²) in [7, 11) is 0. The van der Waals surface area contributed by atoms with Crippen LogP contribution in [0.3, 0.4) is 0 Å². The first-order valence-corrected chi connectivity index (χ1v) is 7.12. The topological polar surface area (TPSA) is 71.1 Å². The van der Waals surface area contributed by atoms with Crippen molar-refractivity contribution in [1.29, 1.82) is 0 Å². The second-order valence-corrected chi connectivity index (χ2v) is 5.16. The molecule has 110 valence electrons. The lowest BCUT2D eigenvalue weighted by Crippen LogP contribution is -2.32. The molecule has 3 aromatic rings. The highest BCUT2D eigenvalue weighted by Gasteiger charge is 2.24. The summed E-state index contributed by atoms with van der Waals surface area (Å²) in [4.78, 5) is 18.8. The maximum Gasteiger partial charge on any atom is 0.275 e. The summed E-state index contributed by atoms with van der Waals surface area (Å²) in [6, 6.07) is 11.4. The number of ether oxygens (including phenoxy) is 1. The van der Waals surface area contributed by atoms with Gasteiger partial charge in [-0.15, -0.1) is 0 Å². The van der Waals surface area contributed by atoms with E-state index in [1.54, 1.807) is 11.1 Å². The fraction of sp³-hybridized carbons (Fsp3) is 0.188. The molecule has 4 rings (SSSR count). The Morgan fingerprint density at radius 1 is 1.23 bits per heavy atom. The lowest BCUT2D eigenvalue weighted by atomic mass is 10.2. The molecular weight excluding hydrogens is 280 g/mol. The molecule has 0 saturated carbocycles. The molecule has 0 atom stereocenters. The van der Waals surface area contributed by atoms with Crippen LogP contribution in [0.25, 0.3) is 10.9 Å². The summed E-state index contributed by atoms with van der Waals surface area (Å²) in [5, 5.41) is 7.92. The van der Waals surface area contributed by atoms with Crippen molar-refractivity contribution in [2.45, 2.75) is 6.54 Å². The molecule has 0 radical (unpaired) electrons. The molecule has 22 heavy (non-hydrogen) atoms. The number of carbonyl (C=O) groups is 1. The molecule has 0 spiro atoms. The van der Waals surface area contributed by atoms with Gasteiger partial charge in [0, 0.05) is 17.1 Å². The van der Waals surface area contributed by atoms with Crippen LogP contribution in [0.4, 0.5) is 0 Å². The highest BCUT2D eigenvalue weighted by molar-refractivity contribution is 6.04. The van der Waals surface area contributed by atoms with Gasteiger partial charge in [0.15, 0.2) is 5.69 Å². The lowest BCUT2D eigenvalue weighted by Gasteiger charge is -2.18. The summed E-state index contributed by atoms with van der Waals surface area (Å²) in [5.74, 6) is 0.502. The summed E-state index contributed by atoms with van der Waals surface area (Å²) in [6.45, 7) is 1.41. The Morgan fingerprint density at radius 3 is 3.09 bits per heavy atom. The van der Waals surface area contributed by atoms with E-state index in [0.717, 1.165) is 16.5 Å². The largest absolute Gasteiger partial charge is 0.476 e. The van der Waals surface area contributed by atoms with Gasteiger partial charge in [0.25, 0.3) is 5.91 Å². The third kappa shape index (κ3) is 2.09. The quantitative estimate of drug-likeness (QED) is 0.745. The summed E-state index contributed by atoms with van der Waals surface area (Å²) in [6.07, 6.45) is 1.69. The number of aromatic amines is 1. The molecule has 1 aromatic carbocycles. The van der Waals surface area contributed by atoms with Crippen LogP contribution in [0.15, 0.2) is 42.6 Å². The van der Waals surface area contributed by atoms with Crippen molar-refractivity contribution < 1.29 is 9.53 Å². The fourth-order valence-electron chi connectivity index (χ4n) is 2.66. The lowest BCUT2D eigenvalue weighted by molar-refractivity contribution is 0.0729. The first-order valence-electron chi connectivity index (χ1n) is 7.12. The number of carbonyl (C=O) groups excluding carboxylic acids is 1. The van der Waals surface area contributed by atoms with Gasteiger partial charge in [0.2, 0.25) is 5.88 Å². The Hall–Kier alpha value is -2.89. The number of para-hydroxylation sites is 1. The van der Waals surface area contributed by atoms with Crippen LogP contribution in [-0.4, -0.2) is 39.1 Å². The second-order valence-electron chi connectivity index (χ2n) is 5.16. The van der Waals surface area contributed by atoms with Crippen LogP contribution >= 0.6 is 0 Å². The van der Waals surface area contributed by atoms with Crippen LogP contribution in [0.1, 0.15) is 16.1 Å². The van der Waals surface area contributed by atoms with Crippen molar-refractivity contribution >= 4 is 16.8 Å². The molecule has 3 heterocycles. The van der Waals surface area contributed by atoms with E-state index in [2.05, 4.69) is 15.2 Å². The molecule has 2 aromatic heterocycles. The Morgan fingerprint density at radius 2 is 2.14 bits per heavy atom. The van der Waals surface area contributed by atoms with Crippen molar-refractivity contribution in [2.24, 2.45) is 0 Å². The van der Waals surface area contributed by atoms with Crippen LogP contribution in [0.5, 0.6) is 5.88 Å². The molecule has 1 aliphatic heterocycles. The van der Waals surface area contributed by atoms with E-state index in [1.165, 1.54) is 0 Å². The number of amides is 1. The molecule has 0 bridgehead atoms. The monoisotopic (exact) mass is 294 g/mol. The third-order valence-electron chi connectivity index (χ3n) is 3.77. The van der Waals surface area contributed by atoms with E-state index in [0.29, 0.717) is 31.3 Å². The molecule has 1 N–H and O–H groups in total. The SMILES string of the molecule is O=C(c1n[nH]c2ccccc12)N1CCOc2ncccc2C1. The van der Waals surface area contributed by atoms with Gasteiger partial charge in [-0.2, -0.15) is 5.10 Å². The first-order chi connectivity index (χ1) is 10.8. The number of aromatic nitrogens is 3. The van der Waals surface area contributed by atoms with Crippen molar-refractivity contribution in [2.75, 3.05) is 13.2 Å². The average Bonchev–Trinajstić information content (AvgIpc) is 2.86. The van der Waals surface area contributed by atoms with Crippen LogP contribution in [0, 0.1) is 0 Å². The number of rotatable bonds is 1. The molecule has 6 heteroatoms. The number of H-pyrrole nitrogens is 1. The zero-order chi connectivity index (χ0) is 14.9. The minimum absolute atomic E-state index is 0.0993. The molecule has 0 aliphatic carbocycles. The van der Waals surface area contributed by atoms with Crippen molar-refractivity contribution in [1.82, 2.24) is 20.1 Å². The summed E-state index contributed by atoms with van der Waals surface area (Å²) >= 11 is 0. The van der Waals surface area contributed by atoms with Gasteiger partial charge < -0.3 is 9.64 Å². The Kier molecular flexibility index (Phi) is 3.00. The molecular formula is C16H14N4O2. The van der Waals surface area contributed by atoms with E-state index >= 15 is 0 Å². The van der Waals surface area contributed by atoms with Crippen LogP contribution in [-0.2, 0) is 6.54 Å². The highest BCUT2D eigenvalue weighted by Crippen LogP contribution is 2.22. The van der Waals surface area contributed by atoms with E-state index in [4.69, 9.17) is 4.74 Å². The highest BCUT2D eigenvalue weighted by atomic mass is 16.5. The van der Waals surface area contributed by atoms with Gasteiger partial charge in [-0.25, -0.2) is 4.98 Å². The average molecular weight is 294 g/mol. The van der Waals surface area contributed by atoms with Gasteiger partial charge in [-0.1, -0.05) is 24.3 Å². The van der Waals surface area contributed by atoms with E-state index in [9.17, 15) is 4.79 Å². The maximum absolute atomic E-state index is 12.8. The number of hydrogen-bond acceptors (Lipinski definition) is 4. The predicted octanol–water partition coefficient (Wildman–Crippen LogP) is 1.99. The molecule has 0 fully saturated rings. The van der Waals surface area contributed by atoms with Crippen molar-refractivity contribution in [3.8, 4) is 5.88 Å². The fourth-order valence-corrected chi connectivity index (χ4v) is 2.66. The molecule has 1 aliphatic rings. The van der Waals surface area contributed by atoms with E-state index < -0.39 is 0 Å². The number of pyridine rings is 1. The number of fused-ring (bicyclic) bond motifs is 2. The first kappa shape index (κ1) is 12.8. The van der Waals surface area contributed by atoms with Crippen LogP contribution < -0.4 is 4.74 Å². The van der Waals surface area contributed by atoms with Gasteiger partial charge in [-0.3, -0.25) is 9.89 Å². The van der Waals surface area contributed by atoms with Crippen molar-refractivity contribution in [3.63, 3.8) is 0 Å². The normalized spacial score (nSPS) is 14.3. The number of hydrogen-bond donors (Lipinski definition) is 1. The minimum Gasteiger partial charge on any atom is -0.476 e. The standard InChI is InChI=1S/C16H14N4O2/c21-16(14-12-5-1-2-6-13(12)18-19-14)20-8-9-22-15-11(10-20)4-3-7-17-15/h1-7H,8-10H2,(H,18,19). The molecule has 0 unspecified atom stereocenters. The Labute approximate surface area is 126 Å². The van der Waals surface area contributed by atoms with Gasteiger partial charge in [0.1, 0.15) is 6.61 Å². The van der Waals surface area contributed by atoms with Crippen molar-refractivity contribution in [3.05, 3.63) is 53.9 Å². The van der Waals surface area contributed by atoms with E-state index in [-0.39, 0.29) is 5.91 Å². The number of benzene rings is 1. The number of nitrogens with one attached hydrogen (secondary N) is 1. The Balaban J connectivity index is 1.68. The molecule has 6 nitrogen and oxygen atoms in total. The van der Waals surface area contributed by atoms with Crippen LogP contribution in [0.2, 0.25) is 0 Å². The summed E-state index contributed by atoms with van der Waals surface area (Å²) < 4.78 is 5.60. The molecule has 1 amide bonds. The zero-order valence-corrected chi connectivity index (χ0v) is 11.8. The smallest absolute Gasteiger partial charge is 0.275 e. The Bertz CT molecular complexity index is 843. The third-order valence-corrected chi connectivity index (χ3v) is 3.77. The maximum atomic E-state index is 12.8. The molecule has 0 saturated heterocycles. The van der Waals surface area contributed by atoms with E-state index in [1.807, 2.05) is 36.4 Å². The predicted molar refractivity (Wildman–Crippen MR) is 80.6 cm³/mol. The minimum atomic E-state index is -0.0993. The number of nitrogens with zero attached hydrogens (tertiary/aromatic N) is 3. The second kappa shape index (κ2) is 5.14. The summed E-state index contributed by atoms with van der Waals surface area (Å²) in [5.41, 5.74) is 2.22.